The van der Waals surface area contributed by atoms with Crippen molar-refractivity contribution in [3.8, 4) is 0 Å². The van der Waals surface area contributed by atoms with E-state index in [0.29, 0.717) is 17.7 Å². The maximum absolute atomic E-state index is 12.5. The Balaban J connectivity index is 2.08. The molecular formula is C13H14F3N3O3S. The largest absolute Gasteiger partial charge is 0.471 e. The van der Waals surface area contributed by atoms with Crippen molar-refractivity contribution >= 4 is 21.6 Å². The first kappa shape index (κ1) is 17.4. The Labute approximate surface area is 132 Å². The minimum Gasteiger partial charge on any atom is -0.349 e. The van der Waals surface area contributed by atoms with Crippen LogP contribution in [0.3, 0.4) is 0 Å². The van der Waals surface area contributed by atoms with Gasteiger partial charge in [-0.05, 0) is 25.5 Å². The number of hydrogen-bond acceptors (Lipinski definition) is 5. The summed E-state index contributed by atoms with van der Waals surface area (Å²) in [5, 5.41) is 5.89. The van der Waals surface area contributed by atoms with Crippen LogP contribution in [0.4, 0.5) is 13.2 Å². The van der Waals surface area contributed by atoms with Gasteiger partial charge < -0.3 is 9.84 Å². The Morgan fingerprint density at radius 2 is 2.13 bits per heavy atom. The Hall–Kier alpha value is -1.97. The average molecular weight is 349 g/mol. The van der Waals surface area contributed by atoms with Gasteiger partial charge >= 0.3 is 12.1 Å². The van der Waals surface area contributed by atoms with Gasteiger partial charge in [0, 0.05) is 11.3 Å². The van der Waals surface area contributed by atoms with Crippen molar-refractivity contribution in [3.63, 3.8) is 0 Å². The molecule has 6 nitrogen and oxygen atoms in total. The first-order valence-electron chi connectivity index (χ1n) is 6.78. The molecule has 0 aromatic carbocycles. The molecule has 1 aromatic heterocycles. The van der Waals surface area contributed by atoms with E-state index in [1.54, 1.807) is 6.92 Å². The average Bonchev–Trinajstić information content (AvgIpc) is 3.04. The first-order chi connectivity index (χ1) is 10.7. The predicted molar refractivity (Wildman–Crippen MR) is 76.0 cm³/mol. The zero-order valence-corrected chi connectivity index (χ0v) is 13.1. The zero-order chi connectivity index (χ0) is 17.2. The topological polar surface area (TPSA) is 85.1 Å². The van der Waals surface area contributed by atoms with Gasteiger partial charge in [0.25, 0.3) is 0 Å². The second-order valence-electron chi connectivity index (χ2n) is 4.83. The lowest BCUT2D eigenvalue weighted by Gasteiger charge is -2.14. The van der Waals surface area contributed by atoms with Gasteiger partial charge in [0.2, 0.25) is 11.7 Å². The molecule has 2 rings (SSSR count). The van der Waals surface area contributed by atoms with Gasteiger partial charge in [0.15, 0.2) is 0 Å². The molecule has 10 heteroatoms. The standard InChI is InChI=1S/C13H14F3N3O3S/c1-3-4-10(20)17-7(2)8-5-6-9(23(8)21)11-18-12(22-19-11)13(14,15)16/h5-7H,3-4H2,1-2H3,(H,17,20). The van der Waals surface area contributed by atoms with Gasteiger partial charge in [0.05, 0.1) is 21.7 Å². The van der Waals surface area contributed by atoms with E-state index in [9.17, 15) is 22.2 Å². The third-order valence-corrected chi connectivity index (χ3v) is 4.62. The van der Waals surface area contributed by atoms with Gasteiger partial charge in [-0.25, -0.2) is 4.21 Å². The van der Waals surface area contributed by atoms with Crippen molar-refractivity contribution in [2.45, 2.75) is 38.9 Å². The van der Waals surface area contributed by atoms with Gasteiger partial charge in [-0.3, -0.25) is 4.79 Å². The van der Waals surface area contributed by atoms with Crippen LogP contribution in [0.1, 0.15) is 38.4 Å². The minimum atomic E-state index is -4.76. The van der Waals surface area contributed by atoms with Crippen LogP contribution in [0.15, 0.2) is 21.6 Å². The van der Waals surface area contributed by atoms with E-state index in [1.807, 2.05) is 6.92 Å². The fourth-order valence-electron chi connectivity index (χ4n) is 1.92. The molecule has 1 amide bonds. The Morgan fingerprint density at radius 3 is 2.70 bits per heavy atom. The summed E-state index contributed by atoms with van der Waals surface area (Å²) in [6.45, 7) is 3.50. The monoisotopic (exact) mass is 349 g/mol. The maximum Gasteiger partial charge on any atom is 0.471 e. The molecule has 0 aliphatic carbocycles. The highest BCUT2D eigenvalue weighted by atomic mass is 32.2. The maximum atomic E-state index is 12.5. The number of aromatic nitrogens is 2. The van der Waals surface area contributed by atoms with E-state index < -0.39 is 28.9 Å². The number of amides is 1. The molecule has 1 N–H and O–H groups in total. The van der Waals surface area contributed by atoms with Crippen LogP contribution < -0.4 is 5.32 Å². The predicted octanol–water partition coefficient (Wildman–Crippen LogP) is 2.38. The van der Waals surface area contributed by atoms with Crippen LogP contribution in [-0.2, 0) is 21.8 Å². The van der Waals surface area contributed by atoms with E-state index in [-0.39, 0.29) is 16.6 Å². The van der Waals surface area contributed by atoms with Crippen LogP contribution in [0.2, 0.25) is 0 Å². The van der Waals surface area contributed by atoms with E-state index >= 15 is 0 Å². The molecule has 1 aromatic rings. The fraction of sp³-hybridized carbons (Fsp3) is 0.462. The van der Waals surface area contributed by atoms with Gasteiger partial charge in [-0.2, -0.15) is 18.2 Å². The van der Waals surface area contributed by atoms with Crippen molar-refractivity contribution in [2.24, 2.45) is 0 Å². The summed E-state index contributed by atoms with van der Waals surface area (Å²) >= 11 is 0. The molecule has 2 atom stereocenters. The lowest BCUT2D eigenvalue weighted by molar-refractivity contribution is -0.159. The Kier molecular flexibility index (Phi) is 5.03. The summed E-state index contributed by atoms with van der Waals surface area (Å²) in [7, 11) is -1.76. The van der Waals surface area contributed by atoms with Crippen molar-refractivity contribution in [2.75, 3.05) is 0 Å². The molecule has 23 heavy (non-hydrogen) atoms. The van der Waals surface area contributed by atoms with Gasteiger partial charge in [-0.15, -0.1) is 0 Å². The van der Waals surface area contributed by atoms with Gasteiger partial charge in [-0.1, -0.05) is 12.1 Å². The van der Waals surface area contributed by atoms with Crippen LogP contribution in [0, 0.1) is 0 Å². The molecule has 0 fully saturated rings. The number of nitrogens with zero attached hydrogens (tertiary/aromatic N) is 2. The summed E-state index contributed by atoms with van der Waals surface area (Å²) in [4.78, 5) is 15.2. The molecule has 1 aliphatic heterocycles. The number of hydrogen-bond donors (Lipinski definition) is 1. The second kappa shape index (κ2) is 6.65. The number of nitrogens with one attached hydrogen (secondary N) is 1. The minimum absolute atomic E-state index is 0.0100. The highest BCUT2D eigenvalue weighted by Gasteiger charge is 2.39. The van der Waals surface area contributed by atoms with Crippen molar-refractivity contribution in [1.82, 2.24) is 15.5 Å². The third kappa shape index (κ3) is 3.87. The second-order valence-corrected chi connectivity index (χ2v) is 6.28. The van der Waals surface area contributed by atoms with E-state index in [2.05, 4.69) is 20.0 Å². The zero-order valence-electron chi connectivity index (χ0n) is 12.3. The van der Waals surface area contributed by atoms with Crippen LogP contribution >= 0.6 is 0 Å². The normalized spacial score (nSPS) is 19.3. The van der Waals surface area contributed by atoms with E-state index in [0.717, 1.165) is 0 Å². The summed E-state index contributed by atoms with van der Waals surface area (Å²) in [6.07, 6.45) is -0.911. The number of halogens is 3. The lowest BCUT2D eigenvalue weighted by atomic mass is 10.2. The summed E-state index contributed by atoms with van der Waals surface area (Å²) in [5.41, 5.74) is 0. The van der Waals surface area contributed by atoms with Crippen LogP contribution in [0.5, 0.6) is 0 Å². The first-order valence-corrected chi connectivity index (χ1v) is 7.93. The third-order valence-electron chi connectivity index (χ3n) is 2.98. The number of rotatable bonds is 5. The molecule has 126 valence electrons. The number of carbonyl (C=O) groups is 1. The SMILES string of the molecule is CCCC(=O)NC(C)C1=CC=C(c2noc(C(F)(F)F)n2)S1=O. The molecule has 1 aliphatic rings. The Morgan fingerprint density at radius 1 is 1.43 bits per heavy atom. The van der Waals surface area contributed by atoms with Crippen LogP contribution in [-0.4, -0.2) is 26.3 Å². The number of allylic oxidation sites excluding steroid dienone is 2. The molecule has 0 saturated carbocycles. The fourth-order valence-corrected chi connectivity index (χ4v) is 3.19. The molecule has 0 saturated heterocycles. The Bertz CT molecular complexity index is 694. The van der Waals surface area contributed by atoms with E-state index in [1.165, 1.54) is 12.2 Å². The smallest absolute Gasteiger partial charge is 0.349 e. The van der Waals surface area contributed by atoms with Gasteiger partial charge in [0.1, 0.15) is 0 Å². The quantitative estimate of drug-likeness (QED) is 0.882. The molecule has 0 bridgehead atoms. The summed E-state index contributed by atoms with van der Waals surface area (Å²) in [6, 6.07) is -0.516. The van der Waals surface area contributed by atoms with E-state index in [4.69, 9.17) is 0 Å². The molecule has 0 radical (unpaired) electrons. The van der Waals surface area contributed by atoms with Crippen molar-refractivity contribution < 1.29 is 26.7 Å². The molecule has 2 unspecified atom stereocenters. The molecular weight excluding hydrogens is 335 g/mol. The molecule has 2 heterocycles. The highest BCUT2D eigenvalue weighted by Crippen LogP contribution is 2.32. The van der Waals surface area contributed by atoms with Crippen molar-refractivity contribution in [3.05, 3.63) is 28.8 Å². The summed E-state index contributed by atoms with van der Waals surface area (Å²) in [5.74, 6) is -2.07. The molecule has 0 spiro atoms. The van der Waals surface area contributed by atoms with Crippen LogP contribution in [0.25, 0.3) is 4.91 Å². The number of alkyl halides is 3. The summed E-state index contributed by atoms with van der Waals surface area (Å²) < 4.78 is 53.9. The highest BCUT2D eigenvalue weighted by molar-refractivity contribution is 7.98. The lowest BCUT2D eigenvalue weighted by Crippen LogP contribution is -2.34. The van der Waals surface area contributed by atoms with Crippen molar-refractivity contribution in [1.29, 1.82) is 0 Å². The number of carbonyl (C=O) groups excluding carboxylic acids is 1.